The fourth-order valence-corrected chi connectivity index (χ4v) is 2.62. The van der Waals surface area contributed by atoms with E-state index in [1.54, 1.807) is 12.1 Å². The summed E-state index contributed by atoms with van der Waals surface area (Å²) < 4.78 is 22.6. The first-order chi connectivity index (χ1) is 8.84. The van der Waals surface area contributed by atoms with Crippen molar-refractivity contribution < 1.29 is 8.42 Å². The largest absolute Gasteiger partial charge is 0.310 e. The van der Waals surface area contributed by atoms with Crippen molar-refractivity contribution in [1.82, 2.24) is 5.32 Å². The van der Waals surface area contributed by atoms with E-state index in [0.29, 0.717) is 5.25 Å². The molecule has 0 aliphatic carbocycles. The van der Waals surface area contributed by atoms with E-state index in [2.05, 4.69) is 18.5 Å². The first-order valence-electron chi connectivity index (χ1n) is 6.23. The summed E-state index contributed by atoms with van der Waals surface area (Å²) in [6.07, 6.45) is 3.18. The highest BCUT2D eigenvalue weighted by atomic mass is 32.2. The van der Waals surface area contributed by atoms with Crippen LogP contribution in [0.25, 0.3) is 0 Å². The molecule has 1 aromatic carbocycles. The standard InChI is InChI=1S/C13H22N2O2S2/c1-10(18-3)7-8-15-11(2)12-5-4-6-13(9-12)19(14,16)17/h4-6,9-11,15H,7-8H2,1-3H3,(H2,14,16,17). The third-order valence-electron chi connectivity index (χ3n) is 3.09. The Balaban J connectivity index is 2.65. The van der Waals surface area contributed by atoms with Crippen LogP contribution in [0.1, 0.15) is 31.9 Å². The van der Waals surface area contributed by atoms with Crippen molar-refractivity contribution in [3.05, 3.63) is 29.8 Å². The van der Waals surface area contributed by atoms with Crippen LogP contribution in [0.2, 0.25) is 0 Å². The highest BCUT2D eigenvalue weighted by molar-refractivity contribution is 7.99. The van der Waals surface area contributed by atoms with Gasteiger partial charge in [-0.15, -0.1) is 0 Å². The number of thioether (sulfide) groups is 1. The van der Waals surface area contributed by atoms with Crippen LogP contribution in [0.15, 0.2) is 29.2 Å². The zero-order valence-corrected chi connectivity index (χ0v) is 13.2. The average molecular weight is 302 g/mol. The molecule has 0 bridgehead atoms. The number of rotatable bonds is 7. The molecule has 0 fully saturated rings. The minimum absolute atomic E-state index is 0.107. The Labute approximate surface area is 120 Å². The van der Waals surface area contributed by atoms with Gasteiger partial charge < -0.3 is 5.32 Å². The van der Waals surface area contributed by atoms with E-state index in [9.17, 15) is 8.42 Å². The summed E-state index contributed by atoms with van der Waals surface area (Å²) in [5.74, 6) is 0. The molecular weight excluding hydrogens is 280 g/mol. The summed E-state index contributed by atoms with van der Waals surface area (Å²) in [6, 6.07) is 6.88. The molecule has 0 aliphatic rings. The second kappa shape index (κ2) is 7.28. The van der Waals surface area contributed by atoms with Gasteiger partial charge in [0.05, 0.1) is 4.90 Å². The molecule has 0 amide bonds. The second-order valence-corrected chi connectivity index (χ2v) is 7.47. The minimum Gasteiger partial charge on any atom is -0.310 e. The molecule has 1 rings (SSSR count). The smallest absolute Gasteiger partial charge is 0.238 e. The highest BCUT2D eigenvalue weighted by Crippen LogP contribution is 2.17. The van der Waals surface area contributed by atoms with Gasteiger partial charge in [-0.2, -0.15) is 11.8 Å². The maximum atomic E-state index is 11.3. The highest BCUT2D eigenvalue weighted by Gasteiger charge is 2.11. The summed E-state index contributed by atoms with van der Waals surface area (Å²) >= 11 is 1.84. The van der Waals surface area contributed by atoms with Gasteiger partial charge in [-0.25, -0.2) is 13.6 Å². The predicted octanol–water partition coefficient (Wildman–Crippen LogP) is 2.13. The topological polar surface area (TPSA) is 72.2 Å². The van der Waals surface area contributed by atoms with Crippen LogP contribution in [0.3, 0.4) is 0 Å². The van der Waals surface area contributed by atoms with Crippen molar-refractivity contribution in [2.75, 3.05) is 12.8 Å². The summed E-state index contributed by atoms with van der Waals surface area (Å²) in [7, 11) is -3.63. The van der Waals surface area contributed by atoms with Crippen LogP contribution in [0, 0.1) is 0 Å². The first-order valence-corrected chi connectivity index (χ1v) is 9.07. The second-order valence-electron chi connectivity index (χ2n) is 4.63. The Bertz CT molecular complexity index is 503. The lowest BCUT2D eigenvalue weighted by atomic mass is 10.1. The van der Waals surface area contributed by atoms with Gasteiger partial charge in [-0.3, -0.25) is 0 Å². The van der Waals surface area contributed by atoms with Crippen molar-refractivity contribution in [2.24, 2.45) is 5.14 Å². The molecule has 3 N–H and O–H groups in total. The number of sulfonamides is 1. The van der Waals surface area contributed by atoms with E-state index in [1.807, 2.05) is 24.8 Å². The van der Waals surface area contributed by atoms with Gasteiger partial charge in [-0.1, -0.05) is 19.1 Å². The number of benzene rings is 1. The van der Waals surface area contributed by atoms with E-state index < -0.39 is 10.0 Å². The molecule has 108 valence electrons. The van der Waals surface area contributed by atoms with Crippen LogP contribution in [-0.2, 0) is 10.0 Å². The molecule has 0 saturated heterocycles. The molecule has 0 aromatic heterocycles. The number of nitrogens with two attached hydrogens (primary N) is 1. The van der Waals surface area contributed by atoms with E-state index in [0.717, 1.165) is 18.5 Å². The van der Waals surface area contributed by atoms with Gasteiger partial charge in [0.1, 0.15) is 0 Å². The van der Waals surface area contributed by atoms with Crippen LogP contribution >= 0.6 is 11.8 Å². The minimum atomic E-state index is -3.63. The first kappa shape index (κ1) is 16.5. The van der Waals surface area contributed by atoms with E-state index in [1.165, 1.54) is 6.07 Å². The molecule has 6 heteroatoms. The lowest BCUT2D eigenvalue weighted by molar-refractivity contribution is 0.556. The third-order valence-corrected chi connectivity index (χ3v) is 5.04. The van der Waals surface area contributed by atoms with Crippen LogP contribution < -0.4 is 10.5 Å². The molecule has 0 radical (unpaired) electrons. The summed E-state index contributed by atoms with van der Waals surface area (Å²) in [6.45, 7) is 5.12. The Morgan fingerprint density at radius 3 is 2.63 bits per heavy atom. The van der Waals surface area contributed by atoms with Gasteiger partial charge in [0.2, 0.25) is 10.0 Å². The molecular formula is C13H22N2O2S2. The Kier molecular flexibility index (Phi) is 6.32. The Hall–Kier alpha value is -0.560. The number of hydrogen-bond donors (Lipinski definition) is 2. The average Bonchev–Trinajstić information content (AvgIpc) is 2.37. The Morgan fingerprint density at radius 1 is 1.37 bits per heavy atom. The monoisotopic (exact) mass is 302 g/mol. The molecule has 2 atom stereocenters. The number of nitrogens with one attached hydrogen (secondary N) is 1. The SMILES string of the molecule is CSC(C)CCNC(C)c1cccc(S(N)(=O)=O)c1. The van der Waals surface area contributed by atoms with Crippen molar-refractivity contribution in [3.63, 3.8) is 0 Å². The molecule has 2 unspecified atom stereocenters. The number of primary sulfonamides is 1. The van der Waals surface area contributed by atoms with E-state index in [-0.39, 0.29) is 10.9 Å². The molecule has 0 aliphatic heterocycles. The maximum Gasteiger partial charge on any atom is 0.238 e. The van der Waals surface area contributed by atoms with Crippen molar-refractivity contribution in [3.8, 4) is 0 Å². The van der Waals surface area contributed by atoms with Crippen LogP contribution in [0.5, 0.6) is 0 Å². The van der Waals surface area contributed by atoms with Gasteiger partial charge in [0, 0.05) is 11.3 Å². The normalized spacial score (nSPS) is 15.2. The fraction of sp³-hybridized carbons (Fsp3) is 0.538. The van der Waals surface area contributed by atoms with E-state index in [4.69, 9.17) is 5.14 Å². The molecule has 4 nitrogen and oxygen atoms in total. The predicted molar refractivity (Wildman–Crippen MR) is 81.8 cm³/mol. The Morgan fingerprint density at radius 2 is 2.05 bits per heavy atom. The number of hydrogen-bond acceptors (Lipinski definition) is 4. The molecule has 1 aromatic rings. The van der Waals surface area contributed by atoms with Gasteiger partial charge in [0.15, 0.2) is 0 Å². The van der Waals surface area contributed by atoms with Gasteiger partial charge in [0.25, 0.3) is 0 Å². The van der Waals surface area contributed by atoms with Crippen molar-refractivity contribution in [2.45, 2.75) is 36.5 Å². The van der Waals surface area contributed by atoms with E-state index >= 15 is 0 Å². The summed E-state index contributed by atoms with van der Waals surface area (Å²) in [5.41, 5.74) is 0.934. The van der Waals surface area contributed by atoms with Crippen LogP contribution in [-0.4, -0.2) is 26.5 Å². The molecule has 0 spiro atoms. The third kappa shape index (κ3) is 5.52. The van der Waals surface area contributed by atoms with Gasteiger partial charge >= 0.3 is 0 Å². The van der Waals surface area contributed by atoms with Crippen LogP contribution in [0.4, 0.5) is 0 Å². The van der Waals surface area contributed by atoms with Crippen molar-refractivity contribution in [1.29, 1.82) is 0 Å². The lowest BCUT2D eigenvalue weighted by Crippen LogP contribution is -2.22. The molecule has 0 heterocycles. The zero-order valence-electron chi connectivity index (χ0n) is 11.6. The molecule has 19 heavy (non-hydrogen) atoms. The van der Waals surface area contributed by atoms with Gasteiger partial charge in [-0.05, 0) is 43.8 Å². The summed E-state index contributed by atoms with van der Waals surface area (Å²) in [5, 5.41) is 9.15. The van der Waals surface area contributed by atoms with Crippen molar-refractivity contribution >= 4 is 21.8 Å². The maximum absolute atomic E-state index is 11.3. The summed E-state index contributed by atoms with van der Waals surface area (Å²) in [4.78, 5) is 0.163. The quantitative estimate of drug-likeness (QED) is 0.809. The zero-order chi connectivity index (χ0) is 14.5. The lowest BCUT2D eigenvalue weighted by Gasteiger charge is -2.16. The fourth-order valence-electron chi connectivity index (χ4n) is 1.70. The molecule has 0 saturated carbocycles.